The van der Waals surface area contributed by atoms with Gasteiger partial charge in [0.15, 0.2) is 5.65 Å². The van der Waals surface area contributed by atoms with E-state index < -0.39 is 9.84 Å². The highest BCUT2D eigenvalue weighted by atomic mass is 32.2. The summed E-state index contributed by atoms with van der Waals surface area (Å²) in [6, 6.07) is 22.7. The number of nitrogens with two attached hydrogens (primary N) is 1. The molecule has 2 N–H and O–H groups in total. The maximum atomic E-state index is 13.6. The molecule has 5 aromatic rings. The third kappa shape index (κ3) is 3.58. The number of nitrogen functional groups attached to an aromatic ring is 1. The van der Waals surface area contributed by atoms with E-state index in [1.165, 1.54) is 23.9 Å². The number of fused-ring (bicyclic) bond motifs is 2. The van der Waals surface area contributed by atoms with Crippen LogP contribution in [0.3, 0.4) is 0 Å². The molecule has 0 radical (unpaired) electrons. The molecule has 8 nitrogen and oxygen atoms in total. The van der Waals surface area contributed by atoms with E-state index in [0.29, 0.717) is 16.8 Å². The summed E-state index contributed by atoms with van der Waals surface area (Å²) in [6.07, 6.45) is 1.59. The highest BCUT2D eigenvalue weighted by Gasteiger charge is 2.30. The van der Waals surface area contributed by atoms with Crippen LogP contribution in [0.1, 0.15) is 5.56 Å². The topological polar surface area (TPSA) is 112 Å². The number of para-hydroxylation sites is 2. The van der Waals surface area contributed by atoms with Crippen molar-refractivity contribution < 1.29 is 13.2 Å². The Labute approximate surface area is 189 Å². The summed E-state index contributed by atoms with van der Waals surface area (Å²) >= 11 is 0. The zero-order valence-electron chi connectivity index (χ0n) is 17.6. The molecule has 164 valence electrons. The Kier molecular flexibility index (Phi) is 5.02. The predicted octanol–water partition coefficient (Wildman–Crippen LogP) is 3.89. The fraction of sp³-hybridized carbons (Fsp3) is 0.0417. The zero-order chi connectivity index (χ0) is 23.0. The molecule has 2 aromatic heterocycles. The minimum atomic E-state index is -4.03. The normalized spacial score (nSPS) is 12.0. The molecule has 0 aliphatic carbocycles. The summed E-state index contributed by atoms with van der Waals surface area (Å²) < 4.78 is 33.7. The van der Waals surface area contributed by atoms with Gasteiger partial charge in [-0.2, -0.15) is 9.78 Å². The first kappa shape index (κ1) is 20.7. The molecule has 3 aromatic carbocycles. The van der Waals surface area contributed by atoms with E-state index in [0.717, 1.165) is 5.56 Å². The van der Waals surface area contributed by atoms with Gasteiger partial charge in [-0.3, -0.25) is 0 Å². The van der Waals surface area contributed by atoms with Crippen LogP contribution in [0.4, 0.5) is 5.82 Å². The number of sulfone groups is 1. The van der Waals surface area contributed by atoms with Crippen LogP contribution in [-0.2, 0) is 9.84 Å². The van der Waals surface area contributed by atoms with Gasteiger partial charge in [0.1, 0.15) is 22.0 Å². The van der Waals surface area contributed by atoms with Crippen molar-refractivity contribution in [3.8, 4) is 5.75 Å². The lowest BCUT2D eigenvalue weighted by atomic mass is 10.2. The van der Waals surface area contributed by atoms with E-state index in [1.807, 2.05) is 42.5 Å². The van der Waals surface area contributed by atoms with Gasteiger partial charge in [0.2, 0.25) is 9.84 Å². The summed E-state index contributed by atoms with van der Waals surface area (Å²) in [5.41, 5.74) is 8.79. The van der Waals surface area contributed by atoms with E-state index in [1.54, 1.807) is 30.5 Å². The standard InChI is InChI=1S/C24H19N5O3S/c1-32-17-11-13-18(14-12-17)33(30,31)22-21-24(28-20-10-6-5-9-19(20)27-21)29(23(22)25)26-15-16-7-3-2-4-8-16/h2-15H,25H2,1H3/b26-15-. The first-order chi connectivity index (χ1) is 16.0. The number of nitrogens with zero attached hydrogens (tertiary/aromatic N) is 4. The smallest absolute Gasteiger partial charge is 0.212 e. The molecule has 9 heteroatoms. The molecule has 0 saturated heterocycles. The van der Waals surface area contributed by atoms with Crippen LogP contribution in [0.25, 0.3) is 22.2 Å². The van der Waals surface area contributed by atoms with E-state index >= 15 is 0 Å². The van der Waals surface area contributed by atoms with Crippen molar-refractivity contribution in [3.63, 3.8) is 0 Å². The third-order valence-corrected chi connectivity index (χ3v) is 7.02. The summed E-state index contributed by atoms with van der Waals surface area (Å²) in [5, 5.41) is 4.45. The summed E-state index contributed by atoms with van der Waals surface area (Å²) in [4.78, 5) is 9.16. The summed E-state index contributed by atoms with van der Waals surface area (Å²) in [6.45, 7) is 0. The molecular formula is C24H19N5O3S. The molecule has 0 spiro atoms. The molecule has 0 aliphatic rings. The van der Waals surface area contributed by atoms with E-state index in [-0.39, 0.29) is 26.8 Å². The van der Waals surface area contributed by atoms with Crippen molar-refractivity contribution >= 4 is 44.1 Å². The minimum absolute atomic E-state index is 0.0658. The molecule has 5 rings (SSSR count). The second kappa shape index (κ2) is 8.03. The Hall–Kier alpha value is -4.24. The Morgan fingerprint density at radius 3 is 2.21 bits per heavy atom. The Bertz CT molecular complexity index is 1610. The number of anilines is 1. The van der Waals surface area contributed by atoms with Crippen LogP contribution < -0.4 is 10.5 Å². The van der Waals surface area contributed by atoms with Gasteiger partial charge in [0, 0.05) is 0 Å². The van der Waals surface area contributed by atoms with Gasteiger partial charge >= 0.3 is 0 Å². The van der Waals surface area contributed by atoms with Gasteiger partial charge in [-0.05, 0) is 42.0 Å². The number of benzene rings is 3. The Morgan fingerprint density at radius 2 is 1.55 bits per heavy atom. The molecule has 0 amide bonds. The van der Waals surface area contributed by atoms with Gasteiger partial charge in [-0.15, -0.1) is 0 Å². The zero-order valence-corrected chi connectivity index (χ0v) is 18.4. The predicted molar refractivity (Wildman–Crippen MR) is 127 cm³/mol. The van der Waals surface area contributed by atoms with Crippen LogP contribution >= 0.6 is 0 Å². The molecule has 0 saturated carbocycles. The van der Waals surface area contributed by atoms with Gasteiger partial charge in [0.25, 0.3) is 0 Å². The first-order valence-corrected chi connectivity index (χ1v) is 11.5. The first-order valence-electron chi connectivity index (χ1n) is 10.0. The molecule has 0 bridgehead atoms. The number of hydrogen-bond acceptors (Lipinski definition) is 7. The lowest BCUT2D eigenvalue weighted by molar-refractivity contribution is 0.414. The highest BCUT2D eigenvalue weighted by Crippen LogP contribution is 2.35. The average Bonchev–Trinajstić information content (AvgIpc) is 3.12. The van der Waals surface area contributed by atoms with Gasteiger partial charge in [0.05, 0.1) is 29.3 Å². The van der Waals surface area contributed by atoms with Gasteiger partial charge in [-0.25, -0.2) is 18.4 Å². The lowest BCUT2D eigenvalue weighted by Gasteiger charge is -2.06. The Balaban J connectivity index is 1.78. The molecular weight excluding hydrogens is 438 g/mol. The van der Waals surface area contributed by atoms with Crippen molar-refractivity contribution in [2.45, 2.75) is 9.79 Å². The molecule has 0 fully saturated rings. The summed E-state index contributed by atoms with van der Waals surface area (Å²) in [5.74, 6) is 0.478. The number of aromatic nitrogens is 3. The molecule has 2 heterocycles. The average molecular weight is 458 g/mol. The molecule has 0 aliphatic heterocycles. The SMILES string of the molecule is COc1ccc(S(=O)(=O)c2c(N)n(/N=C\c3ccccc3)c3nc4ccccc4nc23)cc1. The number of hydrogen-bond donors (Lipinski definition) is 1. The lowest BCUT2D eigenvalue weighted by Crippen LogP contribution is -2.06. The molecule has 0 unspecified atom stereocenters. The monoisotopic (exact) mass is 457 g/mol. The van der Waals surface area contributed by atoms with Crippen LogP contribution in [0.2, 0.25) is 0 Å². The largest absolute Gasteiger partial charge is 0.497 e. The third-order valence-electron chi connectivity index (χ3n) is 5.19. The Morgan fingerprint density at radius 1 is 0.909 bits per heavy atom. The molecule has 0 atom stereocenters. The van der Waals surface area contributed by atoms with Gasteiger partial charge < -0.3 is 10.5 Å². The van der Waals surface area contributed by atoms with Crippen molar-refractivity contribution in [2.24, 2.45) is 5.10 Å². The van der Waals surface area contributed by atoms with E-state index in [2.05, 4.69) is 15.1 Å². The van der Waals surface area contributed by atoms with Crippen LogP contribution in [-0.4, -0.2) is 36.4 Å². The van der Waals surface area contributed by atoms with E-state index in [9.17, 15) is 8.42 Å². The second-order valence-corrected chi connectivity index (χ2v) is 9.13. The van der Waals surface area contributed by atoms with Crippen molar-refractivity contribution in [1.82, 2.24) is 14.6 Å². The maximum Gasteiger partial charge on any atom is 0.212 e. The minimum Gasteiger partial charge on any atom is -0.497 e. The number of rotatable bonds is 5. The van der Waals surface area contributed by atoms with Gasteiger partial charge in [-0.1, -0.05) is 42.5 Å². The number of ether oxygens (including phenoxy) is 1. The van der Waals surface area contributed by atoms with Crippen molar-refractivity contribution in [2.75, 3.05) is 12.8 Å². The van der Waals surface area contributed by atoms with Crippen LogP contribution in [0, 0.1) is 0 Å². The van der Waals surface area contributed by atoms with Crippen LogP contribution in [0.5, 0.6) is 5.75 Å². The quantitative estimate of drug-likeness (QED) is 0.401. The molecule has 33 heavy (non-hydrogen) atoms. The maximum absolute atomic E-state index is 13.6. The fourth-order valence-electron chi connectivity index (χ4n) is 3.54. The second-order valence-electron chi connectivity index (χ2n) is 7.24. The highest BCUT2D eigenvalue weighted by molar-refractivity contribution is 7.92. The van der Waals surface area contributed by atoms with Crippen LogP contribution in [0.15, 0.2) is 93.8 Å². The van der Waals surface area contributed by atoms with Crippen molar-refractivity contribution in [1.29, 1.82) is 0 Å². The van der Waals surface area contributed by atoms with Crippen molar-refractivity contribution in [3.05, 3.63) is 84.4 Å². The number of methoxy groups -OCH3 is 1. The summed E-state index contributed by atoms with van der Waals surface area (Å²) in [7, 11) is -2.52. The fourth-order valence-corrected chi connectivity index (χ4v) is 5.02. The van der Waals surface area contributed by atoms with E-state index in [4.69, 9.17) is 10.5 Å².